The van der Waals surface area contributed by atoms with Gasteiger partial charge in [0.15, 0.2) is 6.61 Å². The number of nitro groups is 1. The Kier molecular flexibility index (Phi) is 8.95. The number of nitrogens with zero attached hydrogens (tertiary/aromatic N) is 1. The summed E-state index contributed by atoms with van der Waals surface area (Å²) in [6, 6.07) is 17.9. The fraction of sp³-hybridized carbons (Fsp3) is 0.160. The highest BCUT2D eigenvalue weighted by molar-refractivity contribution is 6.32. The lowest BCUT2D eigenvalue weighted by molar-refractivity contribution is -0.385. The largest absolute Gasteiger partial charge is 0.456 e. The van der Waals surface area contributed by atoms with Gasteiger partial charge in [0.2, 0.25) is 5.91 Å². The summed E-state index contributed by atoms with van der Waals surface area (Å²) in [5, 5.41) is 16.5. The average Bonchev–Trinajstić information content (AvgIpc) is 2.85. The van der Waals surface area contributed by atoms with Gasteiger partial charge in [0.1, 0.15) is 11.5 Å². The Morgan fingerprint density at radius 1 is 0.917 bits per heavy atom. The van der Waals surface area contributed by atoms with Gasteiger partial charge in [-0.3, -0.25) is 24.5 Å². The summed E-state index contributed by atoms with van der Waals surface area (Å²) in [5.41, 5.74) is 1.02. The first kappa shape index (κ1) is 26.2. The molecule has 0 aromatic heterocycles. The van der Waals surface area contributed by atoms with Gasteiger partial charge in [0.25, 0.3) is 11.6 Å². The summed E-state index contributed by atoms with van der Waals surface area (Å²) in [4.78, 5) is 46.4. The van der Waals surface area contributed by atoms with Crippen molar-refractivity contribution in [3.63, 3.8) is 0 Å². The molecule has 3 aromatic rings. The van der Waals surface area contributed by atoms with E-state index in [1.807, 2.05) is 0 Å². The third-order valence-electron chi connectivity index (χ3n) is 4.81. The van der Waals surface area contributed by atoms with Crippen LogP contribution in [0.4, 0.5) is 17.1 Å². The number of amides is 2. The minimum absolute atomic E-state index is 0.140. The molecular formula is C25H22ClN3O7. The normalized spacial score (nSPS) is 10.3. The van der Waals surface area contributed by atoms with Crippen LogP contribution in [0.1, 0.15) is 18.4 Å². The van der Waals surface area contributed by atoms with Crippen LogP contribution in [-0.2, 0) is 19.1 Å². The number of nitro benzene ring substituents is 1. The van der Waals surface area contributed by atoms with Gasteiger partial charge in [-0.05, 0) is 49.4 Å². The second-order valence-electron chi connectivity index (χ2n) is 7.57. The van der Waals surface area contributed by atoms with Gasteiger partial charge in [0, 0.05) is 29.4 Å². The van der Waals surface area contributed by atoms with Crippen LogP contribution in [0.5, 0.6) is 11.5 Å². The molecule has 0 unspecified atom stereocenters. The lowest BCUT2D eigenvalue weighted by Crippen LogP contribution is -2.21. The molecule has 0 saturated heterocycles. The van der Waals surface area contributed by atoms with Crippen molar-refractivity contribution in [2.24, 2.45) is 0 Å². The van der Waals surface area contributed by atoms with Crippen LogP contribution in [0.15, 0.2) is 66.7 Å². The first-order valence-electron chi connectivity index (χ1n) is 10.7. The summed E-state index contributed by atoms with van der Waals surface area (Å²) in [6.07, 6.45) is -0.384. The van der Waals surface area contributed by atoms with Crippen molar-refractivity contribution in [3.05, 3.63) is 87.4 Å². The standard InChI is InChI=1S/C25H22ClN3O7/c1-16-6-7-18(14-21(16)29(33)34)28-24(31)15-35-25(32)13-12-23(30)27-17-8-10-19(11-9-17)36-22-5-3-2-4-20(22)26/h2-11,14H,12-13,15H2,1H3,(H,27,30)(H,28,31). The predicted molar refractivity (Wildman–Crippen MR) is 133 cm³/mol. The number of hydrogen-bond acceptors (Lipinski definition) is 7. The number of benzene rings is 3. The highest BCUT2D eigenvalue weighted by Crippen LogP contribution is 2.29. The maximum absolute atomic E-state index is 12.1. The van der Waals surface area contributed by atoms with Gasteiger partial charge in [0.05, 0.1) is 16.4 Å². The Morgan fingerprint density at radius 2 is 1.58 bits per heavy atom. The fourth-order valence-corrected chi connectivity index (χ4v) is 3.17. The lowest BCUT2D eigenvalue weighted by Gasteiger charge is -2.09. The van der Waals surface area contributed by atoms with Crippen LogP contribution in [0.25, 0.3) is 0 Å². The summed E-state index contributed by atoms with van der Waals surface area (Å²) >= 11 is 6.07. The summed E-state index contributed by atoms with van der Waals surface area (Å²) in [5.74, 6) is -0.779. The summed E-state index contributed by atoms with van der Waals surface area (Å²) < 4.78 is 10.6. The maximum atomic E-state index is 12.1. The number of anilines is 2. The highest BCUT2D eigenvalue weighted by Gasteiger charge is 2.14. The molecule has 0 fully saturated rings. The van der Waals surface area contributed by atoms with Crippen molar-refractivity contribution in [1.82, 2.24) is 0 Å². The molecule has 0 atom stereocenters. The highest BCUT2D eigenvalue weighted by atomic mass is 35.5. The molecule has 0 aliphatic rings. The molecule has 0 saturated carbocycles. The number of ether oxygens (including phenoxy) is 2. The number of rotatable bonds is 10. The summed E-state index contributed by atoms with van der Waals surface area (Å²) in [6.45, 7) is 0.989. The molecule has 0 heterocycles. The van der Waals surface area contributed by atoms with E-state index in [9.17, 15) is 24.5 Å². The Bertz CT molecular complexity index is 1280. The fourth-order valence-electron chi connectivity index (χ4n) is 3.00. The quantitative estimate of drug-likeness (QED) is 0.215. The topological polar surface area (TPSA) is 137 Å². The molecule has 3 rings (SSSR count). The van der Waals surface area contributed by atoms with Crippen molar-refractivity contribution < 1.29 is 28.8 Å². The molecule has 11 heteroatoms. The first-order chi connectivity index (χ1) is 17.2. The minimum Gasteiger partial charge on any atom is -0.456 e. The van der Waals surface area contributed by atoms with Crippen molar-refractivity contribution in [2.75, 3.05) is 17.2 Å². The molecule has 0 bridgehead atoms. The molecule has 10 nitrogen and oxygen atoms in total. The minimum atomic E-state index is -0.737. The van der Waals surface area contributed by atoms with Crippen molar-refractivity contribution in [3.8, 4) is 11.5 Å². The van der Waals surface area contributed by atoms with Crippen LogP contribution in [-0.4, -0.2) is 29.3 Å². The maximum Gasteiger partial charge on any atom is 0.306 e. The third-order valence-corrected chi connectivity index (χ3v) is 5.12. The third kappa shape index (κ3) is 7.81. The van der Waals surface area contributed by atoms with E-state index in [2.05, 4.69) is 10.6 Å². The average molecular weight is 512 g/mol. The molecule has 186 valence electrons. The molecule has 36 heavy (non-hydrogen) atoms. The Hall–Kier alpha value is -4.44. The summed E-state index contributed by atoms with van der Waals surface area (Å²) in [7, 11) is 0. The lowest BCUT2D eigenvalue weighted by atomic mass is 10.2. The van der Waals surface area contributed by atoms with Gasteiger partial charge in [-0.2, -0.15) is 0 Å². The Morgan fingerprint density at radius 3 is 2.28 bits per heavy atom. The molecule has 2 N–H and O–H groups in total. The van der Waals surface area contributed by atoms with E-state index in [1.165, 1.54) is 18.2 Å². The zero-order valence-electron chi connectivity index (χ0n) is 19.2. The van der Waals surface area contributed by atoms with Gasteiger partial charge >= 0.3 is 5.97 Å². The predicted octanol–water partition coefficient (Wildman–Crippen LogP) is 5.25. The molecule has 0 spiro atoms. The molecular weight excluding hydrogens is 490 g/mol. The van der Waals surface area contributed by atoms with E-state index in [-0.39, 0.29) is 24.2 Å². The van der Waals surface area contributed by atoms with Gasteiger partial charge in [-0.25, -0.2) is 0 Å². The smallest absolute Gasteiger partial charge is 0.306 e. The number of carbonyl (C=O) groups excluding carboxylic acids is 3. The van der Waals surface area contributed by atoms with Crippen LogP contribution in [0.2, 0.25) is 5.02 Å². The van der Waals surface area contributed by atoms with Crippen LogP contribution < -0.4 is 15.4 Å². The number of halogens is 1. The molecule has 0 radical (unpaired) electrons. The zero-order chi connectivity index (χ0) is 26.1. The van der Waals surface area contributed by atoms with E-state index >= 15 is 0 Å². The van der Waals surface area contributed by atoms with Crippen molar-refractivity contribution in [2.45, 2.75) is 19.8 Å². The Labute approximate surface area is 211 Å². The molecule has 2 amide bonds. The molecule has 0 aliphatic carbocycles. The molecule has 3 aromatic carbocycles. The second-order valence-corrected chi connectivity index (χ2v) is 7.98. The van der Waals surface area contributed by atoms with Gasteiger partial charge < -0.3 is 20.1 Å². The number of para-hydroxylation sites is 1. The number of hydrogen-bond donors (Lipinski definition) is 2. The van der Waals surface area contributed by atoms with E-state index in [0.29, 0.717) is 27.8 Å². The van der Waals surface area contributed by atoms with E-state index in [4.69, 9.17) is 21.1 Å². The molecule has 0 aliphatic heterocycles. The van der Waals surface area contributed by atoms with Gasteiger partial charge in [-0.1, -0.05) is 29.8 Å². The zero-order valence-corrected chi connectivity index (χ0v) is 19.9. The second kappa shape index (κ2) is 12.3. The number of nitrogens with one attached hydrogen (secondary N) is 2. The van der Waals surface area contributed by atoms with E-state index in [0.717, 1.165) is 0 Å². The van der Waals surface area contributed by atoms with Gasteiger partial charge in [-0.15, -0.1) is 0 Å². The van der Waals surface area contributed by atoms with Crippen molar-refractivity contribution in [1.29, 1.82) is 0 Å². The Balaban J connectivity index is 1.39. The number of carbonyl (C=O) groups is 3. The number of aryl methyl sites for hydroxylation is 1. The SMILES string of the molecule is Cc1ccc(NC(=O)COC(=O)CCC(=O)Nc2ccc(Oc3ccccc3Cl)cc2)cc1[N+](=O)[O-]. The van der Waals surface area contributed by atoms with Crippen LogP contribution in [0.3, 0.4) is 0 Å². The van der Waals surface area contributed by atoms with Crippen LogP contribution in [0, 0.1) is 17.0 Å². The monoisotopic (exact) mass is 511 g/mol. The van der Waals surface area contributed by atoms with E-state index in [1.54, 1.807) is 55.5 Å². The number of esters is 1. The van der Waals surface area contributed by atoms with Crippen LogP contribution >= 0.6 is 11.6 Å². The van der Waals surface area contributed by atoms with E-state index < -0.39 is 29.3 Å². The first-order valence-corrected chi connectivity index (χ1v) is 11.1. The van der Waals surface area contributed by atoms with Crippen molar-refractivity contribution >= 4 is 46.4 Å².